The monoisotopic (exact) mass is 713 g/mol. The summed E-state index contributed by atoms with van der Waals surface area (Å²) in [5.74, 6) is -1.60. The average Bonchev–Trinajstić information content (AvgIpc) is 3.87. The molecule has 2 aliphatic heterocycles. The lowest BCUT2D eigenvalue weighted by atomic mass is 9.89. The number of rotatable bonds is 10. The summed E-state index contributed by atoms with van der Waals surface area (Å²) in [5.41, 5.74) is -0.424. The lowest BCUT2D eigenvalue weighted by molar-refractivity contribution is -0.139. The Morgan fingerprint density at radius 2 is 1.78 bits per heavy atom. The maximum atomic E-state index is 15.5. The molecule has 51 heavy (non-hydrogen) atoms. The highest BCUT2D eigenvalue weighted by molar-refractivity contribution is 5.96. The van der Waals surface area contributed by atoms with Crippen LogP contribution in [0.3, 0.4) is 0 Å². The third-order valence-corrected chi connectivity index (χ3v) is 10.5. The minimum Gasteiger partial charge on any atom is -0.495 e. The number of amides is 1. The highest BCUT2D eigenvalue weighted by Gasteiger charge is 2.38. The molecule has 274 valence electrons. The molecule has 0 radical (unpaired) electrons. The molecule has 1 amide bonds. The van der Waals surface area contributed by atoms with E-state index in [9.17, 15) is 23.1 Å². The van der Waals surface area contributed by atoms with Crippen LogP contribution in [0.2, 0.25) is 0 Å². The highest BCUT2D eigenvalue weighted by atomic mass is 19.4. The molecule has 1 aromatic heterocycles. The fourth-order valence-corrected chi connectivity index (χ4v) is 7.43. The van der Waals surface area contributed by atoms with Gasteiger partial charge in [-0.1, -0.05) is 12.1 Å². The largest absolute Gasteiger partial charge is 0.495 e. The van der Waals surface area contributed by atoms with E-state index in [1.807, 2.05) is 0 Å². The lowest BCUT2D eigenvalue weighted by Crippen LogP contribution is -2.52. The standard InChI is InChI=1S/C36H43F4N7O4/c1-45-20-22-4-3-5-29(31(22)34(45)49)51-33-26(36(38,39)40)18-41-35(44-33)43-28-17-27(37)25(16-30(28)50-2)32(48)42-23-8-10-24(11-9-23)47-14-12-46(13-15-47)19-21-6-7-21/h3-5,16-18,21,23-24,34,49H,6-15,19-20H2,1-2H3,(H,42,48)(H,41,43,44)/t23-,24-,34?. The van der Waals surface area contributed by atoms with Crippen LogP contribution in [0.4, 0.5) is 29.2 Å². The SMILES string of the molecule is COc1cc(C(=O)N[C@H]2CC[C@H](N3CCN(CC4CC4)CC3)CC2)c(F)cc1Nc1ncc(C(F)(F)F)c(Oc2cccc3c2C(O)N(C)C3)n1. The fraction of sp³-hybridized carbons (Fsp3) is 0.528. The first kappa shape index (κ1) is 35.4. The van der Waals surface area contributed by atoms with Gasteiger partial charge in [0.15, 0.2) is 0 Å². The van der Waals surface area contributed by atoms with Crippen molar-refractivity contribution in [3.05, 3.63) is 64.6 Å². The number of nitrogens with one attached hydrogen (secondary N) is 2. The first-order valence-corrected chi connectivity index (χ1v) is 17.5. The van der Waals surface area contributed by atoms with Crippen LogP contribution in [0.15, 0.2) is 36.5 Å². The summed E-state index contributed by atoms with van der Waals surface area (Å²) < 4.78 is 68.5. The molecule has 0 spiro atoms. The number of fused-ring (bicyclic) bond motifs is 1. The molecular formula is C36H43F4N7O4. The van der Waals surface area contributed by atoms with Crippen molar-refractivity contribution in [1.82, 2.24) is 30.0 Å². The second-order valence-electron chi connectivity index (χ2n) is 14.0. The Morgan fingerprint density at radius 1 is 1.04 bits per heavy atom. The van der Waals surface area contributed by atoms with E-state index in [2.05, 4.69) is 30.4 Å². The molecule has 1 unspecified atom stereocenters. The van der Waals surface area contributed by atoms with Gasteiger partial charge in [-0.05, 0) is 69.2 Å². The van der Waals surface area contributed by atoms with Crippen molar-refractivity contribution in [2.75, 3.05) is 52.2 Å². The van der Waals surface area contributed by atoms with Crippen molar-refractivity contribution in [1.29, 1.82) is 0 Å². The van der Waals surface area contributed by atoms with E-state index in [1.54, 1.807) is 24.1 Å². The van der Waals surface area contributed by atoms with Gasteiger partial charge in [0.1, 0.15) is 29.1 Å². The number of nitrogens with zero attached hydrogens (tertiary/aromatic N) is 5. The molecule has 3 fully saturated rings. The highest BCUT2D eigenvalue weighted by Crippen LogP contribution is 2.42. The molecule has 11 nitrogen and oxygen atoms in total. The smallest absolute Gasteiger partial charge is 0.423 e. The minimum absolute atomic E-state index is 0.00681. The Morgan fingerprint density at radius 3 is 2.47 bits per heavy atom. The van der Waals surface area contributed by atoms with Gasteiger partial charge in [0.2, 0.25) is 11.8 Å². The number of aliphatic hydroxyl groups is 1. The molecule has 2 saturated carbocycles. The number of aliphatic hydroxyl groups excluding tert-OH is 1. The number of anilines is 2. The third kappa shape index (κ3) is 7.91. The van der Waals surface area contributed by atoms with Crippen molar-refractivity contribution in [2.24, 2.45) is 5.92 Å². The summed E-state index contributed by atoms with van der Waals surface area (Å²) in [4.78, 5) is 27.8. The van der Waals surface area contributed by atoms with Crippen LogP contribution in [0.25, 0.3) is 0 Å². The van der Waals surface area contributed by atoms with Gasteiger partial charge in [-0.15, -0.1) is 0 Å². The van der Waals surface area contributed by atoms with Crippen LogP contribution in [-0.4, -0.2) is 94.6 Å². The van der Waals surface area contributed by atoms with Gasteiger partial charge in [0.05, 0.1) is 18.4 Å². The summed E-state index contributed by atoms with van der Waals surface area (Å²) >= 11 is 0. The Bertz CT molecular complexity index is 1740. The molecule has 2 aromatic carbocycles. The van der Waals surface area contributed by atoms with Crippen molar-refractivity contribution in [3.8, 4) is 17.4 Å². The molecule has 0 bridgehead atoms. The summed E-state index contributed by atoms with van der Waals surface area (Å²) in [6.45, 7) is 5.97. The number of carbonyl (C=O) groups excluding carboxylic acids is 1. The van der Waals surface area contributed by atoms with Crippen LogP contribution < -0.4 is 20.1 Å². The molecule has 1 atom stereocenters. The third-order valence-electron chi connectivity index (χ3n) is 10.5. The second-order valence-corrected chi connectivity index (χ2v) is 14.0. The number of benzene rings is 2. The topological polar surface area (TPSA) is 115 Å². The second kappa shape index (κ2) is 14.5. The van der Waals surface area contributed by atoms with Gasteiger partial charge in [0.25, 0.3) is 5.91 Å². The van der Waals surface area contributed by atoms with Crippen molar-refractivity contribution >= 4 is 17.5 Å². The number of ether oxygens (including phenoxy) is 2. The Labute approximate surface area is 293 Å². The summed E-state index contributed by atoms with van der Waals surface area (Å²) in [7, 11) is 3.00. The molecular weight excluding hydrogens is 670 g/mol. The first-order valence-electron chi connectivity index (χ1n) is 17.5. The molecule has 3 heterocycles. The molecule has 2 aliphatic carbocycles. The van der Waals surface area contributed by atoms with Gasteiger partial charge in [0, 0.05) is 69.2 Å². The van der Waals surface area contributed by atoms with Crippen LogP contribution >= 0.6 is 0 Å². The minimum atomic E-state index is -4.86. The summed E-state index contributed by atoms with van der Waals surface area (Å²) in [5, 5.41) is 16.3. The van der Waals surface area contributed by atoms with Crippen LogP contribution in [0.1, 0.15) is 71.8 Å². The van der Waals surface area contributed by atoms with E-state index in [-0.39, 0.29) is 34.7 Å². The fourth-order valence-electron chi connectivity index (χ4n) is 7.43. The molecule has 4 aliphatic rings. The normalized spacial score (nSPS) is 23.2. The van der Waals surface area contributed by atoms with Gasteiger partial charge in [-0.3, -0.25) is 14.6 Å². The molecule has 7 rings (SSSR count). The van der Waals surface area contributed by atoms with Gasteiger partial charge >= 0.3 is 6.18 Å². The first-order chi connectivity index (χ1) is 24.5. The summed E-state index contributed by atoms with van der Waals surface area (Å²) in [6, 6.07) is 7.48. The number of piperazine rings is 1. The zero-order valence-electron chi connectivity index (χ0n) is 28.7. The Balaban J connectivity index is 1.01. The van der Waals surface area contributed by atoms with E-state index in [4.69, 9.17) is 9.47 Å². The number of halogens is 4. The molecule has 15 heteroatoms. The van der Waals surface area contributed by atoms with E-state index in [1.165, 1.54) is 38.6 Å². The number of alkyl halides is 3. The molecule has 3 N–H and O–H groups in total. The Kier molecular flexibility index (Phi) is 10.1. The van der Waals surface area contributed by atoms with E-state index in [0.717, 1.165) is 63.8 Å². The lowest BCUT2D eigenvalue weighted by Gasteiger charge is -2.42. The molecule has 3 aromatic rings. The van der Waals surface area contributed by atoms with Gasteiger partial charge < -0.3 is 30.1 Å². The quantitative estimate of drug-likeness (QED) is 0.227. The average molecular weight is 714 g/mol. The number of methoxy groups -OCH3 is 1. The maximum Gasteiger partial charge on any atom is 0.423 e. The van der Waals surface area contributed by atoms with Crippen LogP contribution in [-0.2, 0) is 12.7 Å². The number of hydrogen-bond donors (Lipinski definition) is 3. The number of hydrogen-bond acceptors (Lipinski definition) is 10. The zero-order valence-corrected chi connectivity index (χ0v) is 28.7. The number of carbonyl (C=O) groups is 1. The predicted molar refractivity (Wildman–Crippen MR) is 180 cm³/mol. The van der Waals surface area contributed by atoms with Gasteiger partial charge in [-0.25, -0.2) is 9.37 Å². The maximum absolute atomic E-state index is 15.5. The number of aromatic nitrogens is 2. The van der Waals surface area contributed by atoms with E-state index < -0.39 is 35.6 Å². The van der Waals surface area contributed by atoms with Crippen LogP contribution in [0, 0.1) is 11.7 Å². The summed E-state index contributed by atoms with van der Waals surface area (Å²) in [6.07, 6.45) is 0.884. The molecule has 1 saturated heterocycles. The van der Waals surface area contributed by atoms with Crippen LogP contribution in [0.5, 0.6) is 17.4 Å². The predicted octanol–water partition coefficient (Wildman–Crippen LogP) is 5.68. The van der Waals surface area contributed by atoms with E-state index in [0.29, 0.717) is 29.9 Å². The van der Waals surface area contributed by atoms with Crippen molar-refractivity contribution < 1.29 is 36.9 Å². The van der Waals surface area contributed by atoms with E-state index >= 15 is 4.39 Å². The zero-order chi connectivity index (χ0) is 35.9. The van der Waals surface area contributed by atoms with Gasteiger partial charge in [-0.2, -0.15) is 18.2 Å². The van der Waals surface area contributed by atoms with Crippen molar-refractivity contribution in [2.45, 2.75) is 69.6 Å². The van der Waals surface area contributed by atoms with Crippen molar-refractivity contribution in [3.63, 3.8) is 0 Å². The Hall–Kier alpha value is -4.05.